The van der Waals surface area contributed by atoms with Crippen LogP contribution in [0.4, 0.5) is 5.69 Å². The molecule has 0 aliphatic carbocycles. The second kappa shape index (κ2) is 8.14. The van der Waals surface area contributed by atoms with Gasteiger partial charge in [0.05, 0.1) is 12.4 Å². The highest BCUT2D eigenvalue weighted by atomic mass is 16.3. The maximum Gasteiger partial charge on any atom is 0.291 e. The number of carbonyl (C=O) groups excluding carboxylic acids is 2. The first-order valence-corrected chi connectivity index (χ1v) is 7.51. The van der Waals surface area contributed by atoms with Crippen molar-refractivity contribution in [1.82, 2.24) is 5.32 Å². The van der Waals surface area contributed by atoms with E-state index in [2.05, 4.69) is 10.6 Å². The van der Waals surface area contributed by atoms with Crippen LogP contribution in [0.1, 0.15) is 40.7 Å². The smallest absolute Gasteiger partial charge is 0.291 e. The second-order valence-corrected chi connectivity index (χ2v) is 5.12. The van der Waals surface area contributed by atoms with Gasteiger partial charge in [-0.25, -0.2) is 0 Å². The van der Waals surface area contributed by atoms with Crippen molar-refractivity contribution in [3.05, 3.63) is 54.0 Å². The van der Waals surface area contributed by atoms with Gasteiger partial charge in [0.25, 0.3) is 11.8 Å². The summed E-state index contributed by atoms with van der Waals surface area (Å²) in [6.07, 6.45) is 2.23. The Kier molecular flexibility index (Phi) is 5.94. The number of rotatable bonds is 7. The Balaban J connectivity index is 1.86. The number of hydrogen-bond acceptors (Lipinski definition) is 4. The van der Waals surface area contributed by atoms with E-state index in [0.717, 1.165) is 0 Å². The van der Waals surface area contributed by atoms with Crippen LogP contribution < -0.4 is 10.6 Å². The van der Waals surface area contributed by atoms with Gasteiger partial charge in [-0.15, -0.1) is 0 Å². The highest BCUT2D eigenvalue weighted by Gasteiger charge is 2.10. The van der Waals surface area contributed by atoms with Crippen LogP contribution in [-0.2, 0) is 0 Å². The molecule has 2 rings (SSSR count). The van der Waals surface area contributed by atoms with Crippen LogP contribution in [0.3, 0.4) is 0 Å². The van der Waals surface area contributed by atoms with Crippen molar-refractivity contribution in [3.8, 4) is 0 Å². The Morgan fingerprint density at radius 2 is 1.91 bits per heavy atom. The third-order valence-corrected chi connectivity index (χ3v) is 3.38. The summed E-state index contributed by atoms with van der Waals surface area (Å²) >= 11 is 0. The quantitative estimate of drug-likeness (QED) is 0.731. The van der Waals surface area contributed by atoms with Crippen molar-refractivity contribution in [2.24, 2.45) is 0 Å². The molecule has 0 radical (unpaired) electrons. The molecule has 1 heterocycles. The number of hydrogen-bond donors (Lipinski definition) is 3. The molecule has 6 nitrogen and oxygen atoms in total. The van der Waals surface area contributed by atoms with Gasteiger partial charge in [0, 0.05) is 17.8 Å². The third-order valence-electron chi connectivity index (χ3n) is 3.38. The lowest BCUT2D eigenvalue weighted by molar-refractivity contribution is 0.0941. The normalized spacial score (nSPS) is 11.7. The van der Waals surface area contributed by atoms with Crippen molar-refractivity contribution in [2.45, 2.75) is 25.9 Å². The van der Waals surface area contributed by atoms with Crippen molar-refractivity contribution in [1.29, 1.82) is 0 Å². The third kappa shape index (κ3) is 4.96. The molecule has 1 aromatic carbocycles. The van der Waals surface area contributed by atoms with E-state index in [1.54, 1.807) is 36.4 Å². The number of furan rings is 1. The predicted octanol–water partition coefficient (Wildman–Crippen LogP) is 2.42. The van der Waals surface area contributed by atoms with Gasteiger partial charge in [-0.2, -0.15) is 0 Å². The van der Waals surface area contributed by atoms with E-state index in [0.29, 0.717) is 30.6 Å². The summed E-state index contributed by atoms with van der Waals surface area (Å²) in [5.74, 6) is -0.334. The van der Waals surface area contributed by atoms with E-state index in [4.69, 9.17) is 4.42 Å². The Labute approximate surface area is 134 Å². The molecule has 0 bridgehead atoms. The molecular formula is C17H20N2O4. The zero-order valence-electron chi connectivity index (χ0n) is 12.9. The number of carbonyl (C=O) groups is 2. The zero-order valence-corrected chi connectivity index (χ0v) is 12.9. The Morgan fingerprint density at radius 3 is 2.52 bits per heavy atom. The molecule has 0 saturated carbocycles. The first-order chi connectivity index (χ1) is 11.1. The van der Waals surface area contributed by atoms with Crippen LogP contribution in [0.5, 0.6) is 0 Å². The second-order valence-electron chi connectivity index (χ2n) is 5.12. The molecule has 3 N–H and O–H groups in total. The van der Waals surface area contributed by atoms with Crippen molar-refractivity contribution < 1.29 is 19.1 Å². The van der Waals surface area contributed by atoms with Gasteiger partial charge in [0.1, 0.15) is 0 Å². The number of anilines is 1. The monoisotopic (exact) mass is 316 g/mol. The Morgan fingerprint density at radius 1 is 1.17 bits per heavy atom. The predicted molar refractivity (Wildman–Crippen MR) is 86.4 cm³/mol. The lowest BCUT2D eigenvalue weighted by Gasteiger charge is -2.09. The van der Waals surface area contributed by atoms with Crippen LogP contribution >= 0.6 is 0 Å². The molecule has 0 fully saturated rings. The van der Waals surface area contributed by atoms with Gasteiger partial charge in [-0.3, -0.25) is 9.59 Å². The lowest BCUT2D eigenvalue weighted by atomic mass is 10.1. The van der Waals surface area contributed by atoms with E-state index in [1.165, 1.54) is 6.26 Å². The molecule has 0 spiro atoms. The van der Waals surface area contributed by atoms with Crippen molar-refractivity contribution in [2.75, 3.05) is 11.9 Å². The first kappa shape index (κ1) is 16.8. The SMILES string of the molecule is CCC(O)CCNC(=O)c1ccc(NC(=O)c2ccco2)cc1. The molecule has 2 aromatic rings. The van der Waals surface area contributed by atoms with Crippen LogP contribution in [0.25, 0.3) is 0 Å². The fourth-order valence-corrected chi connectivity index (χ4v) is 1.96. The van der Waals surface area contributed by atoms with Gasteiger partial charge in [-0.05, 0) is 49.2 Å². The summed E-state index contributed by atoms with van der Waals surface area (Å²) in [7, 11) is 0. The van der Waals surface area contributed by atoms with Gasteiger partial charge in [0.15, 0.2) is 5.76 Å². The number of benzene rings is 1. The fourth-order valence-electron chi connectivity index (χ4n) is 1.96. The van der Waals surface area contributed by atoms with Crippen LogP contribution in [-0.4, -0.2) is 29.6 Å². The zero-order chi connectivity index (χ0) is 16.7. The lowest BCUT2D eigenvalue weighted by Crippen LogP contribution is -2.27. The minimum atomic E-state index is -0.394. The van der Waals surface area contributed by atoms with Gasteiger partial charge < -0.3 is 20.2 Å². The standard InChI is InChI=1S/C17H20N2O4/c1-2-14(20)9-10-18-16(21)12-5-7-13(8-6-12)19-17(22)15-4-3-11-23-15/h3-8,11,14,20H,2,9-10H2,1H3,(H,18,21)(H,19,22). The fraction of sp³-hybridized carbons (Fsp3) is 0.294. The molecular weight excluding hydrogens is 296 g/mol. The summed E-state index contributed by atoms with van der Waals surface area (Å²) in [5, 5.41) is 14.9. The maximum atomic E-state index is 11.9. The molecule has 2 amide bonds. The summed E-state index contributed by atoms with van der Waals surface area (Å²) in [4.78, 5) is 23.8. The van der Waals surface area contributed by atoms with Crippen LogP contribution in [0, 0.1) is 0 Å². The largest absolute Gasteiger partial charge is 0.459 e. The molecule has 122 valence electrons. The van der Waals surface area contributed by atoms with E-state index in [9.17, 15) is 14.7 Å². The summed E-state index contributed by atoms with van der Waals surface area (Å²) in [5.41, 5.74) is 1.07. The number of aliphatic hydroxyl groups excluding tert-OH is 1. The van der Waals surface area contributed by atoms with Gasteiger partial charge in [-0.1, -0.05) is 6.92 Å². The van der Waals surface area contributed by atoms with E-state index >= 15 is 0 Å². The number of aliphatic hydroxyl groups is 1. The van der Waals surface area contributed by atoms with E-state index < -0.39 is 6.10 Å². The molecule has 6 heteroatoms. The van der Waals surface area contributed by atoms with Gasteiger partial charge >= 0.3 is 0 Å². The first-order valence-electron chi connectivity index (χ1n) is 7.51. The van der Waals surface area contributed by atoms with Crippen molar-refractivity contribution in [3.63, 3.8) is 0 Å². The van der Waals surface area contributed by atoms with E-state index in [1.807, 2.05) is 6.92 Å². The molecule has 23 heavy (non-hydrogen) atoms. The minimum Gasteiger partial charge on any atom is -0.459 e. The Bertz CT molecular complexity index is 635. The minimum absolute atomic E-state index is 0.211. The average molecular weight is 316 g/mol. The number of nitrogens with one attached hydrogen (secondary N) is 2. The molecule has 1 unspecified atom stereocenters. The molecule has 0 aliphatic rings. The summed E-state index contributed by atoms with van der Waals surface area (Å²) in [6.45, 7) is 2.31. The highest BCUT2D eigenvalue weighted by Crippen LogP contribution is 2.12. The maximum absolute atomic E-state index is 11.9. The summed E-state index contributed by atoms with van der Waals surface area (Å²) in [6, 6.07) is 9.76. The highest BCUT2D eigenvalue weighted by molar-refractivity contribution is 6.02. The molecule has 1 aromatic heterocycles. The summed E-state index contributed by atoms with van der Waals surface area (Å²) < 4.78 is 5.01. The van der Waals surface area contributed by atoms with Gasteiger partial charge in [0.2, 0.25) is 0 Å². The Hall–Kier alpha value is -2.60. The van der Waals surface area contributed by atoms with E-state index in [-0.39, 0.29) is 17.6 Å². The van der Waals surface area contributed by atoms with Crippen LogP contribution in [0.15, 0.2) is 47.1 Å². The number of amides is 2. The van der Waals surface area contributed by atoms with Crippen molar-refractivity contribution >= 4 is 17.5 Å². The molecule has 0 saturated heterocycles. The average Bonchev–Trinajstić information content (AvgIpc) is 3.09. The topological polar surface area (TPSA) is 91.6 Å². The van der Waals surface area contributed by atoms with Crippen LogP contribution in [0.2, 0.25) is 0 Å². The molecule has 0 aliphatic heterocycles. The molecule has 1 atom stereocenters.